The summed E-state index contributed by atoms with van der Waals surface area (Å²) in [4.78, 5) is 12.1. The van der Waals surface area contributed by atoms with Crippen LogP contribution in [0.25, 0.3) is 0 Å². The molecule has 27 heavy (non-hydrogen) atoms. The fraction of sp³-hybridized carbons (Fsp3) is 0.471. The first-order valence-electron chi connectivity index (χ1n) is 7.63. The monoisotopic (exact) mass is 418 g/mol. The van der Waals surface area contributed by atoms with Crippen molar-refractivity contribution >= 4 is 17.6 Å². The number of esters is 1. The highest BCUT2D eigenvalue weighted by Crippen LogP contribution is 2.60. The molecule has 0 radical (unpaired) electrons. The maximum atomic E-state index is 13.8. The number of ether oxygens (including phenoxy) is 1. The molecule has 1 aromatic rings. The van der Waals surface area contributed by atoms with E-state index in [9.17, 15) is 35.5 Å². The third-order valence-electron chi connectivity index (χ3n) is 4.69. The first-order valence-corrected chi connectivity index (χ1v) is 8.01. The predicted molar refractivity (Wildman–Crippen MR) is 81.6 cm³/mol. The van der Waals surface area contributed by atoms with Gasteiger partial charge in [-0.05, 0) is 18.3 Å². The molecule has 0 saturated heterocycles. The van der Waals surface area contributed by atoms with Crippen molar-refractivity contribution < 1.29 is 40.3 Å². The molecule has 0 amide bonds. The summed E-state index contributed by atoms with van der Waals surface area (Å²) in [6, 6.07) is 0. The van der Waals surface area contributed by atoms with Crippen molar-refractivity contribution in [1.29, 1.82) is 0 Å². The van der Waals surface area contributed by atoms with Crippen molar-refractivity contribution in [2.75, 3.05) is 0 Å². The summed E-state index contributed by atoms with van der Waals surface area (Å²) in [6.07, 6.45) is -4.11. The van der Waals surface area contributed by atoms with Crippen LogP contribution in [0.4, 0.5) is 30.7 Å². The zero-order valence-corrected chi connectivity index (χ0v) is 15.0. The van der Waals surface area contributed by atoms with E-state index >= 15 is 0 Å². The maximum absolute atomic E-state index is 13.8. The van der Waals surface area contributed by atoms with Gasteiger partial charge in [0.1, 0.15) is 11.6 Å². The smallest absolute Gasteiger partial charge is 0.426 e. The summed E-state index contributed by atoms with van der Waals surface area (Å²) >= 11 is 5.15. The molecule has 1 fully saturated rings. The number of alkyl halides is 3. The first kappa shape index (κ1) is 21.5. The van der Waals surface area contributed by atoms with Crippen molar-refractivity contribution in [3.63, 3.8) is 0 Å². The molecule has 2 nitrogen and oxygen atoms in total. The first-order chi connectivity index (χ1) is 12.2. The normalized spacial score (nSPS) is 22.0. The average molecular weight is 419 g/mol. The number of carbonyl (C=O) groups excluding carboxylic acids is 1. The van der Waals surface area contributed by atoms with Crippen molar-refractivity contribution in [2.45, 2.75) is 33.6 Å². The Hall–Kier alpha value is -1.77. The quantitative estimate of drug-likeness (QED) is 0.364. The second kappa shape index (κ2) is 7.00. The summed E-state index contributed by atoms with van der Waals surface area (Å²) in [7, 11) is 0. The molecule has 1 aliphatic carbocycles. The van der Waals surface area contributed by atoms with Crippen LogP contribution in [-0.4, -0.2) is 12.1 Å². The Morgan fingerprint density at radius 1 is 1.11 bits per heavy atom. The summed E-state index contributed by atoms with van der Waals surface area (Å²) in [5.74, 6) is -9.68. The minimum absolute atomic E-state index is 0.667. The molecule has 1 aliphatic rings. The molecule has 2 rings (SSSR count). The molecule has 0 bridgehead atoms. The third-order valence-corrected chi connectivity index (χ3v) is 5.03. The lowest BCUT2D eigenvalue weighted by atomic mass is 10.1. The zero-order valence-electron chi connectivity index (χ0n) is 14.3. The topological polar surface area (TPSA) is 26.3 Å². The lowest BCUT2D eigenvalue weighted by Crippen LogP contribution is -2.14. The van der Waals surface area contributed by atoms with Gasteiger partial charge in [-0.3, -0.25) is 4.79 Å². The molecular weight excluding hydrogens is 405 g/mol. The van der Waals surface area contributed by atoms with E-state index in [1.807, 2.05) is 0 Å². The van der Waals surface area contributed by atoms with Crippen LogP contribution in [0.1, 0.15) is 25.0 Å². The Labute approximate surface area is 154 Å². The summed E-state index contributed by atoms with van der Waals surface area (Å²) in [5.41, 5.74) is -2.93. The predicted octanol–water partition coefficient (Wildman–Crippen LogP) is 5.55. The Morgan fingerprint density at radius 2 is 1.59 bits per heavy atom. The van der Waals surface area contributed by atoms with Gasteiger partial charge in [0, 0.05) is 5.56 Å². The zero-order chi connectivity index (χ0) is 20.9. The Bertz CT molecular complexity index is 785. The lowest BCUT2D eigenvalue weighted by molar-refractivity contribution is -0.147. The van der Waals surface area contributed by atoms with Gasteiger partial charge in [-0.25, -0.2) is 17.6 Å². The largest absolute Gasteiger partial charge is 0.460 e. The molecule has 1 unspecified atom stereocenters. The molecule has 1 saturated carbocycles. The highest BCUT2D eigenvalue weighted by atomic mass is 35.5. The lowest BCUT2D eigenvalue weighted by Gasteiger charge is -2.10. The highest BCUT2D eigenvalue weighted by molar-refractivity contribution is 6.30. The molecular formula is C17H14ClF7O2. The van der Waals surface area contributed by atoms with Crippen LogP contribution in [0.15, 0.2) is 11.1 Å². The van der Waals surface area contributed by atoms with E-state index in [1.54, 1.807) is 0 Å². The van der Waals surface area contributed by atoms with Gasteiger partial charge in [-0.2, -0.15) is 13.2 Å². The molecule has 0 aliphatic heterocycles. The van der Waals surface area contributed by atoms with Crippen molar-refractivity contribution in [3.05, 3.63) is 45.5 Å². The van der Waals surface area contributed by atoms with Gasteiger partial charge in [0.25, 0.3) is 0 Å². The van der Waals surface area contributed by atoms with E-state index in [2.05, 4.69) is 0 Å². The molecule has 2 atom stereocenters. The minimum Gasteiger partial charge on any atom is -0.460 e. The van der Waals surface area contributed by atoms with Crippen LogP contribution in [0.2, 0.25) is 0 Å². The summed E-state index contributed by atoms with van der Waals surface area (Å²) in [6.45, 7) is 2.68. The van der Waals surface area contributed by atoms with Gasteiger partial charge in [-0.1, -0.05) is 31.5 Å². The van der Waals surface area contributed by atoms with Crippen LogP contribution in [-0.2, 0) is 16.1 Å². The molecule has 10 heteroatoms. The average Bonchev–Trinajstić information content (AvgIpc) is 3.10. The van der Waals surface area contributed by atoms with E-state index in [4.69, 9.17) is 16.3 Å². The van der Waals surface area contributed by atoms with Gasteiger partial charge < -0.3 is 4.74 Å². The molecule has 0 aromatic heterocycles. The van der Waals surface area contributed by atoms with Gasteiger partial charge >= 0.3 is 12.1 Å². The second-order valence-electron chi connectivity index (χ2n) is 6.80. The van der Waals surface area contributed by atoms with Crippen molar-refractivity contribution in [2.24, 2.45) is 17.3 Å². The van der Waals surface area contributed by atoms with E-state index in [0.717, 1.165) is 6.92 Å². The van der Waals surface area contributed by atoms with Gasteiger partial charge in [0.2, 0.25) is 0 Å². The molecule has 1 aromatic carbocycles. The highest BCUT2D eigenvalue weighted by Gasteiger charge is 2.62. The summed E-state index contributed by atoms with van der Waals surface area (Å²) < 4.78 is 96.8. The van der Waals surface area contributed by atoms with Gasteiger partial charge in [0.05, 0.1) is 11.5 Å². The van der Waals surface area contributed by atoms with E-state index in [-0.39, 0.29) is 0 Å². The third kappa shape index (κ3) is 3.93. The van der Waals surface area contributed by atoms with Crippen LogP contribution in [0, 0.1) is 47.4 Å². The number of allylic oxidation sites excluding steroid dienone is 2. The van der Waals surface area contributed by atoms with Gasteiger partial charge in [0.15, 0.2) is 23.3 Å². The number of benzene rings is 1. The second-order valence-corrected chi connectivity index (χ2v) is 7.21. The number of halogens is 8. The Balaban J connectivity index is 2.16. The van der Waals surface area contributed by atoms with E-state index in [0.29, 0.717) is 6.08 Å². The standard InChI is InChI=1S/C17H14ClF7O2/c1-6-11(19)13(21)7(14(22)12(6)20)5-27-15(26)10-8(16(10,2)3)4-9(18)17(23,24)25/h4,8,10H,5H2,1-3H3/b9-4+/t8?,10-/m0/s1. The minimum atomic E-state index is -4.78. The fourth-order valence-corrected chi connectivity index (χ4v) is 2.97. The fourth-order valence-electron chi connectivity index (χ4n) is 2.84. The van der Waals surface area contributed by atoms with E-state index < -0.39 is 75.4 Å². The Morgan fingerprint density at radius 3 is 2.04 bits per heavy atom. The van der Waals surface area contributed by atoms with Crippen molar-refractivity contribution in [3.8, 4) is 0 Å². The number of carbonyl (C=O) groups is 1. The summed E-state index contributed by atoms with van der Waals surface area (Å²) in [5, 5.41) is -1.41. The molecule has 150 valence electrons. The molecule has 0 heterocycles. The Kier molecular flexibility index (Phi) is 5.58. The van der Waals surface area contributed by atoms with Crippen LogP contribution in [0.3, 0.4) is 0 Å². The van der Waals surface area contributed by atoms with Crippen molar-refractivity contribution in [1.82, 2.24) is 0 Å². The van der Waals surface area contributed by atoms with Crippen LogP contribution < -0.4 is 0 Å². The van der Waals surface area contributed by atoms with E-state index in [1.165, 1.54) is 13.8 Å². The van der Waals surface area contributed by atoms with Crippen LogP contribution in [0.5, 0.6) is 0 Å². The van der Waals surface area contributed by atoms with Gasteiger partial charge in [-0.15, -0.1) is 0 Å². The number of rotatable bonds is 4. The molecule has 0 N–H and O–H groups in total. The SMILES string of the molecule is Cc1c(F)c(F)c(COC(=O)[C@@H]2C(/C=C(/Cl)C(F)(F)F)C2(C)C)c(F)c1F. The number of hydrogen-bond donors (Lipinski definition) is 0. The van der Waals surface area contributed by atoms with Crippen LogP contribution >= 0.6 is 11.6 Å². The number of hydrogen-bond acceptors (Lipinski definition) is 2. The maximum Gasteiger partial charge on any atom is 0.426 e. The molecule has 0 spiro atoms.